The van der Waals surface area contributed by atoms with Crippen LogP contribution in [0.3, 0.4) is 0 Å². The van der Waals surface area contributed by atoms with Crippen LogP contribution in [0.1, 0.15) is 6.42 Å². The van der Waals surface area contributed by atoms with Crippen LogP contribution in [-0.2, 0) is 6.54 Å². The molecule has 0 radical (unpaired) electrons. The second kappa shape index (κ2) is 10.6. The van der Waals surface area contributed by atoms with Crippen molar-refractivity contribution in [2.75, 3.05) is 17.2 Å². The summed E-state index contributed by atoms with van der Waals surface area (Å²) in [6, 6.07) is 16.4. The Bertz CT molecular complexity index is 1210. The number of azo groups is 1. The second-order valence-electron chi connectivity index (χ2n) is 6.96. The number of aromatic nitrogens is 4. The first-order chi connectivity index (χ1) is 16.2. The molecule has 2 heterocycles. The first kappa shape index (κ1) is 21.6. The van der Waals surface area contributed by atoms with Crippen molar-refractivity contribution in [2.24, 2.45) is 10.2 Å². The van der Waals surface area contributed by atoms with E-state index in [1.165, 1.54) is 6.33 Å². The summed E-state index contributed by atoms with van der Waals surface area (Å²) in [4.78, 5) is 23.3. The van der Waals surface area contributed by atoms with Crippen LogP contribution in [0, 0.1) is 10.1 Å². The van der Waals surface area contributed by atoms with Crippen LogP contribution in [0.4, 0.5) is 34.4 Å². The normalized spacial score (nSPS) is 10.9. The smallest absolute Gasteiger partial charge is 0.353 e. The maximum absolute atomic E-state index is 11.7. The van der Waals surface area contributed by atoms with Gasteiger partial charge in [-0.1, -0.05) is 18.2 Å². The van der Waals surface area contributed by atoms with Crippen LogP contribution in [-0.4, -0.2) is 31.0 Å². The van der Waals surface area contributed by atoms with Crippen molar-refractivity contribution in [1.29, 1.82) is 0 Å². The van der Waals surface area contributed by atoms with E-state index < -0.39 is 4.92 Å². The van der Waals surface area contributed by atoms with E-state index in [1.807, 2.05) is 41.1 Å². The Kier molecular flexibility index (Phi) is 6.91. The van der Waals surface area contributed by atoms with Gasteiger partial charge in [0.15, 0.2) is 0 Å². The molecule has 4 rings (SSSR count). The van der Waals surface area contributed by atoms with Crippen LogP contribution in [0.5, 0.6) is 0 Å². The summed E-state index contributed by atoms with van der Waals surface area (Å²) >= 11 is 0. The second-order valence-corrected chi connectivity index (χ2v) is 6.96. The van der Waals surface area contributed by atoms with Crippen LogP contribution in [0.25, 0.3) is 0 Å². The zero-order valence-electron chi connectivity index (χ0n) is 17.6. The summed E-state index contributed by atoms with van der Waals surface area (Å²) < 4.78 is 1.94. The van der Waals surface area contributed by atoms with Gasteiger partial charge in [0.25, 0.3) is 0 Å². The highest BCUT2D eigenvalue weighted by atomic mass is 16.6. The molecule has 11 nitrogen and oxygen atoms in total. The molecule has 11 heteroatoms. The van der Waals surface area contributed by atoms with Gasteiger partial charge in [-0.25, -0.2) is 15.0 Å². The lowest BCUT2D eigenvalue weighted by molar-refractivity contribution is -0.383. The maximum Gasteiger partial charge on any atom is 0.353 e. The molecule has 0 aliphatic heterocycles. The van der Waals surface area contributed by atoms with Gasteiger partial charge in [-0.05, 0) is 42.8 Å². The molecule has 33 heavy (non-hydrogen) atoms. The molecule has 166 valence electrons. The molecule has 2 aromatic heterocycles. The lowest BCUT2D eigenvalue weighted by Gasteiger charge is -2.10. The summed E-state index contributed by atoms with van der Waals surface area (Å²) in [5, 5.41) is 26.1. The van der Waals surface area contributed by atoms with Crippen molar-refractivity contribution in [3.8, 4) is 0 Å². The van der Waals surface area contributed by atoms with Gasteiger partial charge in [0.2, 0.25) is 11.6 Å². The highest BCUT2D eigenvalue weighted by Crippen LogP contribution is 2.31. The minimum atomic E-state index is -0.497. The quantitative estimate of drug-likeness (QED) is 0.148. The summed E-state index contributed by atoms with van der Waals surface area (Å²) in [5.41, 5.74) is 1.82. The van der Waals surface area contributed by atoms with Gasteiger partial charge in [0.05, 0.1) is 22.6 Å². The Morgan fingerprint density at radius 3 is 2.39 bits per heavy atom. The van der Waals surface area contributed by atoms with Crippen LogP contribution in [0.2, 0.25) is 0 Å². The molecule has 2 N–H and O–H groups in total. The number of rotatable bonds is 10. The first-order valence-corrected chi connectivity index (χ1v) is 10.2. The van der Waals surface area contributed by atoms with E-state index in [0.29, 0.717) is 17.9 Å². The Morgan fingerprint density at radius 2 is 1.70 bits per heavy atom. The Morgan fingerprint density at radius 1 is 0.970 bits per heavy atom. The maximum atomic E-state index is 11.7. The summed E-state index contributed by atoms with van der Waals surface area (Å²) in [6.45, 7) is 1.25. The third kappa shape index (κ3) is 5.94. The topological polar surface area (TPSA) is 136 Å². The number of anilines is 3. The molecule has 0 saturated carbocycles. The van der Waals surface area contributed by atoms with E-state index in [2.05, 4.69) is 35.8 Å². The molecule has 0 aliphatic rings. The minimum absolute atomic E-state index is 0.103. The summed E-state index contributed by atoms with van der Waals surface area (Å²) in [5.74, 6) is 0.266. The molecule has 0 fully saturated rings. The Balaban J connectivity index is 1.42. The minimum Gasteiger partial charge on any atom is -0.364 e. The standard InChI is InChI=1S/C22H21N9O2/c32-31(33)20-21(24-11-4-13-30-14-12-23-16-30)25-15-26-22(20)27-17-7-9-19(10-8-17)29-28-18-5-2-1-3-6-18/h1-3,5-10,12,14-16H,4,11,13H2,(H2,24,25,26,27). The number of nitrogens with one attached hydrogen (secondary N) is 2. The number of nitro groups is 1. The van der Waals surface area contributed by atoms with Crippen LogP contribution < -0.4 is 10.6 Å². The van der Waals surface area contributed by atoms with E-state index in [0.717, 1.165) is 18.7 Å². The molecule has 0 bridgehead atoms. The van der Waals surface area contributed by atoms with Crippen molar-refractivity contribution < 1.29 is 4.92 Å². The zero-order chi connectivity index (χ0) is 22.9. The number of hydrogen-bond acceptors (Lipinski definition) is 9. The highest BCUT2D eigenvalue weighted by Gasteiger charge is 2.22. The summed E-state index contributed by atoms with van der Waals surface area (Å²) in [6.07, 6.45) is 7.33. The molecular weight excluding hydrogens is 422 g/mol. The van der Waals surface area contributed by atoms with E-state index >= 15 is 0 Å². The fourth-order valence-corrected chi connectivity index (χ4v) is 3.02. The third-order valence-electron chi connectivity index (χ3n) is 4.62. The SMILES string of the molecule is O=[N+]([O-])c1c(NCCCn2ccnc2)ncnc1Nc1ccc(N=Nc2ccccc2)cc1. The lowest BCUT2D eigenvalue weighted by Crippen LogP contribution is -2.10. The van der Waals surface area contributed by atoms with E-state index in [1.54, 1.807) is 36.8 Å². The van der Waals surface area contributed by atoms with Gasteiger partial charge in [-0.2, -0.15) is 10.2 Å². The fourth-order valence-electron chi connectivity index (χ4n) is 3.02. The van der Waals surface area contributed by atoms with Gasteiger partial charge in [0.1, 0.15) is 6.33 Å². The predicted octanol–water partition coefficient (Wildman–Crippen LogP) is 5.24. The average Bonchev–Trinajstić information content (AvgIpc) is 3.36. The molecule has 0 spiro atoms. The molecule has 0 amide bonds. The number of benzene rings is 2. The first-order valence-electron chi connectivity index (χ1n) is 10.2. The van der Waals surface area contributed by atoms with Gasteiger partial charge in [-0.15, -0.1) is 0 Å². The third-order valence-corrected chi connectivity index (χ3v) is 4.62. The zero-order valence-corrected chi connectivity index (χ0v) is 17.6. The predicted molar refractivity (Wildman–Crippen MR) is 124 cm³/mol. The van der Waals surface area contributed by atoms with E-state index in [9.17, 15) is 10.1 Å². The largest absolute Gasteiger partial charge is 0.364 e. The molecule has 0 saturated heterocycles. The molecular formula is C22H21N9O2. The van der Waals surface area contributed by atoms with Crippen LogP contribution in [0.15, 0.2) is 89.9 Å². The molecule has 0 atom stereocenters. The Hall–Kier alpha value is -4.67. The average molecular weight is 443 g/mol. The number of imidazole rings is 1. The fraction of sp³-hybridized carbons (Fsp3) is 0.136. The Labute approximate surface area is 189 Å². The molecule has 0 aliphatic carbocycles. The van der Waals surface area contributed by atoms with Crippen LogP contribution >= 0.6 is 0 Å². The number of hydrogen-bond donors (Lipinski definition) is 2. The van der Waals surface area contributed by atoms with Crippen molar-refractivity contribution in [3.63, 3.8) is 0 Å². The van der Waals surface area contributed by atoms with E-state index in [4.69, 9.17) is 0 Å². The van der Waals surface area contributed by atoms with Crippen molar-refractivity contribution in [1.82, 2.24) is 19.5 Å². The molecule has 2 aromatic carbocycles. The van der Waals surface area contributed by atoms with Crippen molar-refractivity contribution in [2.45, 2.75) is 13.0 Å². The highest BCUT2D eigenvalue weighted by molar-refractivity contribution is 5.74. The number of nitrogens with zero attached hydrogens (tertiary/aromatic N) is 7. The summed E-state index contributed by atoms with van der Waals surface area (Å²) in [7, 11) is 0. The van der Waals surface area contributed by atoms with Gasteiger partial charge >= 0.3 is 5.69 Å². The van der Waals surface area contributed by atoms with Crippen molar-refractivity contribution in [3.05, 3.63) is 89.8 Å². The van der Waals surface area contributed by atoms with Gasteiger partial charge in [-0.3, -0.25) is 10.1 Å². The molecule has 0 unspecified atom stereocenters. The number of aryl methyl sites for hydroxylation is 1. The molecule has 4 aromatic rings. The lowest BCUT2D eigenvalue weighted by atomic mass is 10.3. The van der Waals surface area contributed by atoms with Gasteiger partial charge < -0.3 is 15.2 Å². The van der Waals surface area contributed by atoms with Crippen molar-refractivity contribution >= 4 is 34.4 Å². The van der Waals surface area contributed by atoms with Gasteiger partial charge in [0, 0.05) is 31.2 Å². The van der Waals surface area contributed by atoms with E-state index in [-0.39, 0.29) is 17.3 Å². The monoisotopic (exact) mass is 443 g/mol.